The maximum absolute atomic E-state index is 5.80. The van der Waals surface area contributed by atoms with Gasteiger partial charge in [-0.15, -0.1) is 0 Å². The molecule has 0 aromatic carbocycles. The predicted molar refractivity (Wildman–Crippen MR) is 85.3 cm³/mol. The van der Waals surface area contributed by atoms with Crippen molar-refractivity contribution in [2.45, 2.75) is 37.7 Å². The van der Waals surface area contributed by atoms with Gasteiger partial charge in [-0.2, -0.15) is 0 Å². The van der Waals surface area contributed by atoms with Gasteiger partial charge in [0.05, 0.1) is 18.4 Å². The van der Waals surface area contributed by atoms with E-state index in [2.05, 4.69) is 10.2 Å². The van der Waals surface area contributed by atoms with Crippen LogP contribution in [0.3, 0.4) is 0 Å². The van der Waals surface area contributed by atoms with Crippen LogP contribution in [0.2, 0.25) is 0 Å². The number of nitrogens with zero attached hydrogens (tertiary/aromatic N) is 3. The second kappa shape index (κ2) is 6.10. The van der Waals surface area contributed by atoms with E-state index in [9.17, 15) is 0 Å². The molecule has 1 aromatic rings. The lowest BCUT2D eigenvalue weighted by Gasteiger charge is -2.34. The predicted octanol–water partition coefficient (Wildman–Crippen LogP) is 0.206. The highest BCUT2D eigenvalue weighted by atomic mass is 16.5. The summed E-state index contributed by atoms with van der Waals surface area (Å²) >= 11 is 0. The molecule has 1 aliphatic carbocycles. The second-order valence-corrected chi connectivity index (χ2v) is 6.53. The first-order valence-electron chi connectivity index (χ1n) is 8.52. The molecule has 2 aliphatic heterocycles. The molecule has 1 atom stereocenters. The molecule has 1 aromatic heterocycles. The van der Waals surface area contributed by atoms with Gasteiger partial charge in [-0.1, -0.05) is 0 Å². The van der Waals surface area contributed by atoms with Crippen molar-refractivity contribution in [1.82, 2.24) is 15.3 Å². The molecule has 1 saturated heterocycles. The molecular formula is C16H25N5O. The molecule has 0 amide bonds. The summed E-state index contributed by atoms with van der Waals surface area (Å²) in [6.45, 7) is 5.08. The van der Waals surface area contributed by atoms with Crippen molar-refractivity contribution in [2.75, 3.05) is 44.2 Å². The highest BCUT2D eigenvalue weighted by molar-refractivity contribution is 5.51. The van der Waals surface area contributed by atoms with Crippen LogP contribution in [0.5, 0.6) is 0 Å². The van der Waals surface area contributed by atoms with Gasteiger partial charge in [-0.25, -0.2) is 9.97 Å². The normalized spacial score (nSPS) is 25.7. The lowest BCUT2D eigenvalue weighted by molar-refractivity contribution is 0.0462. The molecule has 22 heavy (non-hydrogen) atoms. The van der Waals surface area contributed by atoms with Crippen LogP contribution >= 0.6 is 0 Å². The minimum atomic E-state index is 0.118. The third-order valence-electron chi connectivity index (χ3n) is 4.82. The van der Waals surface area contributed by atoms with Crippen molar-refractivity contribution in [3.63, 3.8) is 0 Å². The van der Waals surface area contributed by atoms with Crippen LogP contribution in [0.4, 0.5) is 5.82 Å². The first-order chi connectivity index (χ1) is 10.8. The molecule has 4 rings (SSSR count). The average Bonchev–Trinajstić information content (AvgIpc) is 3.40. The summed E-state index contributed by atoms with van der Waals surface area (Å²) in [5.74, 6) is 2.80. The molecule has 3 heterocycles. The Morgan fingerprint density at radius 3 is 2.91 bits per heavy atom. The van der Waals surface area contributed by atoms with Crippen LogP contribution in [-0.4, -0.2) is 55.4 Å². The lowest BCUT2D eigenvalue weighted by Crippen LogP contribution is -2.46. The topological polar surface area (TPSA) is 76.3 Å². The zero-order valence-electron chi connectivity index (χ0n) is 13.1. The van der Waals surface area contributed by atoms with E-state index < -0.39 is 0 Å². The van der Waals surface area contributed by atoms with E-state index in [4.69, 9.17) is 20.4 Å². The number of morpholine rings is 1. The standard InChI is InChI=1S/C16H25N5O/c17-9-12-10-21(7-8-22-12)16-13-3-5-18-6-4-14(13)19-15(20-16)11-1-2-11/h11-12,18H,1-10,17H2/t12-/m0/s1. The minimum Gasteiger partial charge on any atom is -0.373 e. The van der Waals surface area contributed by atoms with Crippen LogP contribution in [0.25, 0.3) is 0 Å². The number of anilines is 1. The molecule has 120 valence electrons. The summed E-state index contributed by atoms with van der Waals surface area (Å²) in [5.41, 5.74) is 8.40. The van der Waals surface area contributed by atoms with E-state index in [1.165, 1.54) is 24.1 Å². The molecule has 0 spiro atoms. The van der Waals surface area contributed by atoms with Crippen LogP contribution in [0, 0.1) is 0 Å². The van der Waals surface area contributed by atoms with Crippen molar-refractivity contribution in [3.05, 3.63) is 17.1 Å². The highest BCUT2D eigenvalue weighted by Crippen LogP contribution is 2.39. The maximum atomic E-state index is 5.80. The Balaban J connectivity index is 1.70. The Morgan fingerprint density at radius 1 is 1.23 bits per heavy atom. The number of nitrogens with one attached hydrogen (secondary N) is 1. The number of ether oxygens (including phenoxy) is 1. The van der Waals surface area contributed by atoms with E-state index in [1.807, 2.05) is 0 Å². The molecule has 0 bridgehead atoms. The van der Waals surface area contributed by atoms with Crippen molar-refractivity contribution in [1.29, 1.82) is 0 Å². The van der Waals surface area contributed by atoms with Gasteiger partial charge in [0.2, 0.25) is 0 Å². The molecule has 1 saturated carbocycles. The summed E-state index contributed by atoms with van der Waals surface area (Å²) < 4.78 is 5.72. The van der Waals surface area contributed by atoms with Gasteiger partial charge in [-0.05, 0) is 25.8 Å². The van der Waals surface area contributed by atoms with Crippen LogP contribution in [0.1, 0.15) is 35.8 Å². The molecule has 3 N–H and O–H groups in total. The lowest BCUT2D eigenvalue weighted by atomic mass is 10.1. The van der Waals surface area contributed by atoms with Crippen LogP contribution in [0.15, 0.2) is 0 Å². The Morgan fingerprint density at radius 2 is 2.09 bits per heavy atom. The van der Waals surface area contributed by atoms with E-state index in [1.54, 1.807) is 0 Å². The number of aromatic nitrogens is 2. The van der Waals surface area contributed by atoms with E-state index >= 15 is 0 Å². The third-order valence-corrected chi connectivity index (χ3v) is 4.82. The molecule has 6 nitrogen and oxygen atoms in total. The van der Waals surface area contributed by atoms with Gasteiger partial charge in [0, 0.05) is 44.1 Å². The molecule has 0 radical (unpaired) electrons. The Bertz CT molecular complexity index is 546. The Hall–Kier alpha value is -1.24. The second-order valence-electron chi connectivity index (χ2n) is 6.53. The Labute approximate surface area is 131 Å². The van der Waals surface area contributed by atoms with Gasteiger partial charge in [-0.3, -0.25) is 0 Å². The minimum absolute atomic E-state index is 0.118. The highest BCUT2D eigenvalue weighted by Gasteiger charge is 2.31. The van der Waals surface area contributed by atoms with Crippen LogP contribution in [-0.2, 0) is 17.6 Å². The maximum Gasteiger partial charge on any atom is 0.136 e. The van der Waals surface area contributed by atoms with E-state index in [0.717, 1.165) is 57.3 Å². The van der Waals surface area contributed by atoms with Crippen molar-refractivity contribution in [3.8, 4) is 0 Å². The van der Waals surface area contributed by atoms with Crippen molar-refractivity contribution in [2.24, 2.45) is 5.73 Å². The fourth-order valence-electron chi connectivity index (χ4n) is 3.38. The SMILES string of the molecule is NC[C@H]1CN(c2nc(C3CC3)nc3c2CCNCC3)CCO1. The third kappa shape index (κ3) is 2.83. The quantitative estimate of drug-likeness (QED) is 0.831. The van der Waals surface area contributed by atoms with Gasteiger partial charge >= 0.3 is 0 Å². The van der Waals surface area contributed by atoms with E-state index in [-0.39, 0.29) is 6.10 Å². The average molecular weight is 303 g/mol. The molecule has 6 heteroatoms. The number of nitrogens with two attached hydrogens (primary N) is 1. The monoisotopic (exact) mass is 303 g/mol. The summed E-state index contributed by atoms with van der Waals surface area (Å²) in [5, 5.41) is 3.48. The number of hydrogen-bond acceptors (Lipinski definition) is 6. The smallest absolute Gasteiger partial charge is 0.136 e. The van der Waals surface area contributed by atoms with Crippen molar-refractivity contribution >= 4 is 5.82 Å². The van der Waals surface area contributed by atoms with Gasteiger partial charge in [0.25, 0.3) is 0 Å². The largest absolute Gasteiger partial charge is 0.373 e. The number of fused-ring (bicyclic) bond motifs is 1. The van der Waals surface area contributed by atoms with Gasteiger partial charge < -0.3 is 20.7 Å². The zero-order chi connectivity index (χ0) is 14.9. The number of hydrogen-bond donors (Lipinski definition) is 2. The number of rotatable bonds is 3. The zero-order valence-corrected chi connectivity index (χ0v) is 13.1. The van der Waals surface area contributed by atoms with E-state index in [0.29, 0.717) is 12.5 Å². The molecule has 2 fully saturated rings. The van der Waals surface area contributed by atoms with Crippen molar-refractivity contribution < 1.29 is 4.74 Å². The first kappa shape index (κ1) is 14.4. The fraction of sp³-hybridized carbons (Fsp3) is 0.750. The summed E-state index contributed by atoms with van der Waals surface area (Å²) in [6, 6.07) is 0. The molecular weight excluding hydrogens is 278 g/mol. The summed E-state index contributed by atoms with van der Waals surface area (Å²) in [7, 11) is 0. The summed E-state index contributed by atoms with van der Waals surface area (Å²) in [6.07, 6.45) is 4.62. The molecule has 0 unspecified atom stereocenters. The van der Waals surface area contributed by atoms with Gasteiger partial charge in [0.1, 0.15) is 11.6 Å². The van der Waals surface area contributed by atoms with Crippen LogP contribution < -0.4 is 16.0 Å². The first-order valence-corrected chi connectivity index (χ1v) is 8.52. The Kier molecular flexibility index (Phi) is 3.98. The summed E-state index contributed by atoms with van der Waals surface area (Å²) in [4.78, 5) is 12.2. The molecule has 3 aliphatic rings. The fourth-order valence-corrected chi connectivity index (χ4v) is 3.38. The van der Waals surface area contributed by atoms with Gasteiger partial charge in [0.15, 0.2) is 0 Å².